The quantitative estimate of drug-likeness (QED) is 0.297. The molecule has 0 spiro atoms. The standard InChI is InChI=1S/C25H30ClN3O6S/c1-3-35-28-23(30)25(15-16-7-5-4-6-8-16)19-13-17(26)9-11-20(19)29(24(25)31)36(32,33)22-12-10-18(27)14-21(22)34-2/h9-14,16H,3-8,15,27H2,1-2H3,(H,28,30). The summed E-state index contributed by atoms with van der Waals surface area (Å²) in [4.78, 5) is 32.9. The molecule has 1 fully saturated rings. The number of benzene rings is 2. The number of amides is 2. The molecule has 1 atom stereocenters. The van der Waals surface area contributed by atoms with E-state index in [1.54, 1.807) is 6.92 Å². The summed E-state index contributed by atoms with van der Waals surface area (Å²) < 4.78 is 33.9. The lowest BCUT2D eigenvalue weighted by Gasteiger charge is -2.32. The fourth-order valence-corrected chi connectivity index (χ4v) is 7.02. The maximum atomic E-state index is 14.3. The van der Waals surface area contributed by atoms with Crippen LogP contribution in [0.15, 0.2) is 41.3 Å². The highest BCUT2D eigenvalue weighted by Gasteiger charge is 2.60. The lowest BCUT2D eigenvalue weighted by Crippen LogP contribution is -2.53. The van der Waals surface area contributed by atoms with E-state index in [0.717, 1.165) is 32.1 Å². The summed E-state index contributed by atoms with van der Waals surface area (Å²) in [5.74, 6) is -1.55. The highest BCUT2D eigenvalue weighted by molar-refractivity contribution is 7.93. The Hall–Kier alpha value is -2.82. The first kappa shape index (κ1) is 26.2. The Morgan fingerprint density at radius 3 is 2.58 bits per heavy atom. The second kappa shape index (κ2) is 10.3. The molecule has 36 heavy (non-hydrogen) atoms. The second-order valence-corrected chi connectivity index (χ2v) is 11.3. The van der Waals surface area contributed by atoms with Gasteiger partial charge in [-0.25, -0.2) is 18.2 Å². The third-order valence-corrected chi connectivity index (χ3v) is 8.88. The fourth-order valence-electron chi connectivity index (χ4n) is 5.22. The Kier molecular flexibility index (Phi) is 7.49. The SMILES string of the molecule is CCONC(=O)C1(CC2CCCCC2)C(=O)N(S(=O)(=O)c2ccc(N)cc2OC)c2ccc(Cl)cc21. The van der Waals surface area contributed by atoms with Crippen LogP contribution in [-0.2, 0) is 29.9 Å². The Morgan fingerprint density at radius 1 is 1.19 bits per heavy atom. The summed E-state index contributed by atoms with van der Waals surface area (Å²) in [6, 6.07) is 8.51. The van der Waals surface area contributed by atoms with Crippen molar-refractivity contribution in [3.05, 3.63) is 47.0 Å². The average molecular weight is 536 g/mol. The highest BCUT2D eigenvalue weighted by Crippen LogP contribution is 2.51. The van der Waals surface area contributed by atoms with Gasteiger partial charge in [0.15, 0.2) is 5.41 Å². The summed E-state index contributed by atoms with van der Waals surface area (Å²) in [6.07, 6.45) is 4.87. The Bertz CT molecular complexity index is 1280. The molecule has 4 rings (SSSR count). The molecule has 2 aliphatic rings. The second-order valence-electron chi connectivity index (χ2n) is 9.12. The highest BCUT2D eigenvalue weighted by atomic mass is 35.5. The molecule has 0 aromatic heterocycles. The third kappa shape index (κ3) is 4.42. The van der Waals surface area contributed by atoms with Gasteiger partial charge in [-0.3, -0.25) is 14.4 Å². The summed E-state index contributed by atoms with van der Waals surface area (Å²) in [7, 11) is -3.18. The Balaban J connectivity index is 1.92. The Labute approximate surface area is 215 Å². The molecule has 194 valence electrons. The topological polar surface area (TPSA) is 128 Å². The number of nitrogens with zero attached hydrogens (tertiary/aromatic N) is 1. The van der Waals surface area contributed by atoms with Crippen molar-refractivity contribution in [3.8, 4) is 5.75 Å². The van der Waals surface area contributed by atoms with E-state index in [1.165, 1.54) is 43.5 Å². The first-order valence-corrected chi connectivity index (χ1v) is 13.7. The fraction of sp³-hybridized carbons (Fsp3) is 0.440. The minimum Gasteiger partial charge on any atom is -0.495 e. The van der Waals surface area contributed by atoms with Crippen LogP contribution in [0.4, 0.5) is 11.4 Å². The zero-order valence-electron chi connectivity index (χ0n) is 20.3. The van der Waals surface area contributed by atoms with Crippen LogP contribution in [0.3, 0.4) is 0 Å². The molecule has 1 aliphatic carbocycles. The number of halogens is 1. The molecule has 1 unspecified atom stereocenters. The van der Waals surface area contributed by atoms with Crippen LogP contribution in [0.25, 0.3) is 0 Å². The molecule has 0 radical (unpaired) electrons. The van der Waals surface area contributed by atoms with Crippen LogP contribution >= 0.6 is 11.6 Å². The van der Waals surface area contributed by atoms with Crippen LogP contribution in [-0.4, -0.2) is 33.9 Å². The van der Waals surface area contributed by atoms with Crippen molar-refractivity contribution in [2.24, 2.45) is 5.92 Å². The maximum Gasteiger partial charge on any atom is 0.274 e. The third-order valence-electron chi connectivity index (χ3n) is 6.91. The number of hydroxylamine groups is 1. The lowest BCUT2D eigenvalue weighted by molar-refractivity contribution is -0.145. The van der Waals surface area contributed by atoms with Crippen molar-refractivity contribution in [2.45, 2.75) is 55.8 Å². The van der Waals surface area contributed by atoms with Crippen molar-refractivity contribution in [2.75, 3.05) is 23.8 Å². The van der Waals surface area contributed by atoms with Crippen molar-refractivity contribution in [3.63, 3.8) is 0 Å². The average Bonchev–Trinajstić information content (AvgIpc) is 3.11. The number of nitrogens with one attached hydrogen (secondary N) is 1. The Morgan fingerprint density at radius 2 is 1.92 bits per heavy atom. The first-order valence-electron chi connectivity index (χ1n) is 11.9. The lowest BCUT2D eigenvalue weighted by atomic mass is 9.70. The molecule has 0 bridgehead atoms. The summed E-state index contributed by atoms with van der Waals surface area (Å²) in [6.45, 7) is 1.87. The van der Waals surface area contributed by atoms with Crippen molar-refractivity contribution in [1.29, 1.82) is 0 Å². The van der Waals surface area contributed by atoms with E-state index in [4.69, 9.17) is 26.9 Å². The molecule has 3 N–H and O–H groups in total. The van der Waals surface area contributed by atoms with Crippen LogP contribution in [0.1, 0.15) is 51.0 Å². The molecule has 2 aromatic rings. The molecule has 11 heteroatoms. The normalized spacial score (nSPS) is 20.3. The van der Waals surface area contributed by atoms with Gasteiger partial charge in [0.25, 0.3) is 21.8 Å². The van der Waals surface area contributed by atoms with Crippen LogP contribution in [0.5, 0.6) is 5.75 Å². The predicted molar refractivity (Wildman–Crippen MR) is 136 cm³/mol. The van der Waals surface area contributed by atoms with Crippen LogP contribution in [0, 0.1) is 5.92 Å². The number of nitrogens with two attached hydrogens (primary N) is 1. The molecule has 1 heterocycles. The number of ether oxygens (including phenoxy) is 1. The van der Waals surface area contributed by atoms with Gasteiger partial charge in [0.05, 0.1) is 19.4 Å². The van der Waals surface area contributed by atoms with Crippen LogP contribution in [0.2, 0.25) is 5.02 Å². The number of nitrogen functional groups attached to an aromatic ring is 1. The number of anilines is 2. The smallest absolute Gasteiger partial charge is 0.274 e. The van der Waals surface area contributed by atoms with Gasteiger partial charge >= 0.3 is 0 Å². The van der Waals surface area contributed by atoms with E-state index < -0.39 is 27.3 Å². The molecule has 0 saturated heterocycles. The predicted octanol–water partition coefficient (Wildman–Crippen LogP) is 3.94. The number of hydrogen-bond acceptors (Lipinski definition) is 7. The van der Waals surface area contributed by atoms with Crippen molar-refractivity contribution in [1.82, 2.24) is 5.48 Å². The van der Waals surface area contributed by atoms with Gasteiger partial charge in [0.2, 0.25) is 0 Å². The molecule has 1 saturated carbocycles. The van der Waals surface area contributed by atoms with Gasteiger partial charge in [-0.2, -0.15) is 0 Å². The van der Waals surface area contributed by atoms with E-state index >= 15 is 0 Å². The van der Waals surface area contributed by atoms with E-state index in [2.05, 4.69) is 5.48 Å². The summed E-state index contributed by atoms with van der Waals surface area (Å²) >= 11 is 6.32. The summed E-state index contributed by atoms with van der Waals surface area (Å²) in [5, 5.41) is 0.281. The van der Waals surface area contributed by atoms with E-state index in [0.29, 0.717) is 9.99 Å². The van der Waals surface area contributed by atoms with Gasteiger partial charge in [-0.15, -0.1) is 0 Å². The molecular weight excluding hydrogens is 506 g/mol. The van der Waals surface area contributed by atoms with Crippen molar-refractivity contribution >= 4 is 44.8 Å². The number of rotatable bonds is 8. The van der Waals surface area contributed by atoms with Gasteiger partial charge < -0.3 is 10.5 Å². The number of hydrogen-bond donors (Lipinski definition) is 2. The minimum absolute atomic E-state index is 0.0122. The number of carbonyl (C=O) groups is 2. The number of methoxy groups -OCH3 is 1. The zero-order chi connectivity index (χ0) is 26.1. The molecular formula is C25H30ClN3O6S. The number of sulfonamides is 1. The molecule has 1 aliphatic heterocycles. The van der Waals surface area contributed by atoms with E-state index in [9.17, 15) is 18.0 Å². The monoisotopic (exact) mass is 535 g/mol. The van der Waals surface area contributed by atoms with Crippen LogP contribution < -0.4 is 20.3 Å². The van der Waals surface area contributed by atoms with Gasteiger partial charge in [-0.05, 0) is 49.6 Å². The summed E-state index contributed by atoms with van der Waals surface area (Å²) in [5.41, 5.74) is 6.97. The zero-order valence-corrected chi connectivity index (χ0v) is 21.8. The minimum atomic E-state index is -4.50. The molecule has 2 aromatic carbocycles. The van der Waals surface area contributed by atoms with Crippen molar-refractivity contribution < 1.29 is 27.6 Å². The largest absolute Gasteiger partial charge is 0.495 e. The first-order chi connectivity index (χ1) is 17.2. The molecule has 2 amide bonds. The van der Waals surface area contributed by atoms with E-state index in [-0.39, 0.29) is 45.9 Å². The molecule has 9 nitrogen and oxygen atoms in total. The van der Waals surface area contributed by atoms with Gasteiger partial charge in [-0.1, -0.05) is 43.7 Å². The maximum absolute atomic E-state index is 14.3. The van der Waals surface area contributed by atoms with E-state index in [1.807, 2.05) is 0 Å². The van der Waals surface area contributed by atoms with Gasteiger partial charge in [0, 0.05) is 22.3 Å². The number of carbonyl (C=O) groups excluding carboxylic acids is 2. The van der Waals surface area contributed by atoms with Gasteiger partial charge in [0.1, 0.15) is 10.6 Å². The number of fused-ring (bicyclic) bond motifs is 1.